The minimum absolute atomic E-state index is 0.0539. The first-order valence-electron chi connectivity index (χ1n) is 5.23. The van der Waals surface area contributed by atoms with Crippen molar-refractivity contribution in [2.75, 3.05) is 0 Å². The van der Waals surface area contributed by atoms with Crippen LogP contribution >= 0.6 is 0 Å². The van der Waals surface area contributed by atoms with Crippen molar-refractivity contribution < 1.29 is 35.8 Å². The summed E-state index contributed by atoms with van der Waals surface area (Å²) < 4.78 is 87.9. The highest BCUT2D eigenvalue weighted by Crippen LogP contribution is 2.39. The van der Waals surface area contributed by atoms with Crippen LogP contribution in [0.5, 0.6) is 0 Å². The van der Waals surface area contributed by atoms with Crippen LogP contribution in [-0.2, 0) is 6.18 Å². The average molecular weight is 305 g/mol. The summed E-state index contributed by atoms with van der Waals surface area (Å²) in [6, 6.07) is 0.992. The highest BCUT2D eigenvalue weighted by Gasteiger charge is 2.55. The van der Waals surface area contributed by atoms with Crippen LogP contribution in [-0.4, -0.2) is 17.0 Å². The standard InChI is InChI=1S/C11H10F7NO/c1-5(9(19,20)11(16,17)18)7-3-2-6(4-8(7)12)10(13,14)15/h2-5,20H,19H2,1H3. The molecule has 0 aliphatic rings. The van der Waals surface area contributed by atoms with Gasteiger partial charge in [-0.15, -0.1) is 0 Å². The Kier molecular flexibility index (Phi) is 4.08. The molecule has 2 unspecified atom stereocenters. The molecule has 0 fully saturated rings. The van der Waals surface area contributed by atoms with E-state index >= 15 is 0 Å². The highest BCUT2D eigenvalue weighted by atomic mass is 19.4. The maximum atomic E-state index is 13.5. The number of rotatable bonds is 2. The van der Waals surface area contributed by atoms with Gasteiger partial charge in [0.2, 0.25) is 5.72 Å². The summed E-state index contributed by atoms with van der Waals surface area (Å²) in [5.41, 5.74) is -1.16. The monoisotopic (exact) mass is 305 g/mol. The summed E-state index contributed by atoms with van der Waals surface area (Å²) in [5, 5.41) is 9.19. The molecule has 0 bridgehead atoms. The van der Waals surface area contributed by atoms with E-state index in [-0.39, 0.29) is 6.07 Å². The number of nitrogens with two attached hydrogens (primary N) is 1. The van der Waals surface area contributed by atoms with Gasteiger partial charge in [0.05, 0.1) is 5.56 Å². The van der Waals surface area contributed by atoms with Crippen molar-refractivity contribution in [2.45, 2.75) is 30.9 Å². The molecule has 0 aliphatic heterocycles. The van der Waals surface area contributed by atoms with Crippen LogP contribution in [0.15, 0.2) is 18.2 Å². The van der Waals surface area contributed by atoms with E-state index in [0.29, 0.717) is 12.1 Å². The highest BCUT2D eigenvalue weighted by molar-refractivity contribution is 5.30. The zero-order valence-electron chi connectivity index (χ0n) is 9.98. The van der Waals surface area contributed by atoms with Crippen LogP contribution in [0.4, 0.5) is 30.7 Å². The summed E-state index contributed by atoms with van der Waals surface area (Å²) in [6.45, 7) is 0.763. The summed E-state index contributed by atoms with van der Waals surface area (Å²) in [6.07, 6.45) is -10.1. The molecule has 1 aromatic rings. The molecule has 0 spiro atoms. The van der Waals surface area contributed by atoms with Crippen molar-refractivity contribution in [1.29, 1.82) is 0 Å². The van der Waals surface area contributed by atoms with Gasteiger partial charge >= 0.3 is 12.4 Å². The van der Waals surface area contributed by atoms with Gasteiger partial charge in [0.1, 0.15) is 5.82 Å². The first-order valence-corrected chi connectivity index (χ1v) is 5.23. The predicted octanol–water partition coefficient (Wildman–Crippen LogP) is 3.16. The Morgan fingerprint density at radius 2 is 1.60 bits per heavy atom. The van der Waals surface area contributed by atoms with Gasteiger partial charge in [0, 0.05) is 5.92 Å². The van der Waals surface area contributed by atoms with Crippen LogP contribution < -0.4 is 5.73 Å². The Morgan fingerprint density at radius 3 is 1.95 bits per heavy atom. The molecule has 0 amide bonds. The minimum atomic E-state index is -5.26. The second-order valence-corrected chi connectivity index (χ2v) is 4.28. The Bertz CT molecular complexity index is 493. The van der Waals surface area contributed by atoms with Crippen molar-refractivity contribution in [3.05, 3.63) is 35.1 Å². The van der Waals surface area contributed by atoms with E-state index in [9.17, 15) is 35.8 Å². The first kappa shape index (κ1) is 16.7. The Morgan fingerprint density at radius 1 is 1.10 bits per heavy atom. The quantitative estimate of drug-likeness (QED) is 0.651. The summed E-state index contributed by atoms with van der Waals surface area (Å²) in [7, 11) is 0. The Balaban J connectivity index is 3.23. The smallest absolute Gasteiger partial charge is 0.367 e. The lowest BCUT2D eigenvalue weighted by Crippen LogP contribution is -2.57. The van der Waals surface area contributed by atoms with E-state index < -0.39 is 40.9 Å². The number of alkyl halides is 6. The van der Waals surface area contributed by atoms with E-state index in [1.54, 1.807) is 0 Å². The van der Waals surface area contributed by atoms with E-state index in [2.05, 4.69) is 0 Å². The van der Waals surface area contributed by atoms with Crippen LogP contribution in [0.2, 0.25) is 0 Å². The molecule has 2 atom stereocenters. The van der Waals surface area contributed by atoms with E-state index in [0.717, 1.165) is 6.92 Å². The van der Waals surface area contributed by atoms with E-state index in [1.807, 2.05) is 0 Å². The fourth-order valence-corrected chi connectivity index (χ4v) is 1.54. The normalized spacial score (nSPS) is 17.7. The number of aliphatic hydroxyl groups is 1. The molecular weight excluding hydrogens is 295 g/mol. The second-order valence-electron chi connectivity index (χ2n) is 4.28. The van der Waals surface area contributed by atoms with E-state index in [1.165, 1.54) is 0 Å². The van der Waals surface area contributed by atoms with Crippen molar-refractivity contribution in [1.82, 2.24) is 0 Å². The zero-order valence-corrected chi connectivity index (χ0v) is 9.98. The van der Waals surface area contributed by atoms with Gasteiger partial charge in [0.15, 0.2) is 0 Å². The lowest BCUT2D eigenvalue weighted by Gasteiger charge is -2.32. The molecule has 3 N–H and O–H groups in total. The van der Waals surface area contributed by atoms with Gasteiger partial charge in [-0.05, 0) is 17.7 Å². The lowest BCUT2D eigenvalue weighted by atomic mass is 9.89. The third kappa shape index (κ3) is 3.04. The van der Waals surface area contributed by atoms with Crippen molar-refractivity contribution in [2.24, 2.45) is 5.73 Å². The maximum Gasteiger partial charge on any atom is 0.431 e. The predicted molar refractivity (Wildman–Crippen MR) is 55.0 cm³/mol. The molecule has 0 saturated carbocycles. The first-order chi connectivity index (χ1) is 8.78. The minimum Gasteiger partial charge on any atom is -0.367 e. The van der Waals surface area contributed by atoms with Crippen LogP contribution in [0, 0.1) is 5.82 Å². The summed E-state index contributed by atoms with van der Waals surface area (Å²) >= 11 is 0. The van der Waals surface area contributed by atoms with E-state index in [4.69, 9.17) is 5.73 Å². The molecule has 114 valence electrons. The summed E-state index contributed by atoms with van der Waals surface area (Å²) in [4.78, 5) is 0. The SMILES string of the molecule is CC(c1ccc(C(F)(F)F)cc1F)C(N)(O)C(F)(F)F. The molecule has 0 saturated heterocycles. The largest absolute Gasteiger partial charge is 0.431 e. The lowest BCUT2D eigenvalue weighted by molar-refractivity contribution is -0.265. The van der Waals surface area contributed by atoms with Crippen LogP contribution in [0.3, 0.4) is 0 Å². The Hall–Kier alpha value is -1.35. The topological polar surface area (TPSA) is 46.2 Å². The molecule has 1 rings (SSSR count). The molecule has 0 radical (unpaired) electrons. The van der Waals surface area contributed by atoms with Gasteiger partial charge in [-0.3, -0.25) is 5.73 Å². The van der Waals surface area contributed by atoms with Crippen molar-refractivity contribution in [3.63, 3.8) is 0 Å². The van der Waals surface area contributed by atoms with Gasteiger partial charge < -0.3 is 5.11 Å². The van der Waals surface area contributed by atoms with Gasteiger partial charge in [-0.2, -0.15) is 26.3 Å². The van der Waals surface area contributed by atoms with Gasteiger partial charge in [-0.25, -0.2) is 4.39 Å². The average Bonchev–Trinajstić information content (AvgIpc) is 2.25. The van der Waals surface area contributed by atoms with Crippen LogP contribution in [0.25, 0.3) is 0 Å². The molecule has 9 heteroatoms. The molecule has 20 heavy (non-hydrogen) atoms. The number of hydrogen-bond donors (Lipinski definition) is 2. The number of halogens is 7. The van der Waals surface area contributed by atoms with Crippen molar-refractivity contribution in [3.8, 4) is 0 Å². The third-order valence-electron chi connectivity index (χ3n) is 2.91. The molecule has 0 aliphatic carbocycles. The molecule has 0 aromatic heterocycles. The molecule has 2 nitrogen and oxygen atoms in total. The second kappa shape index (κ2) is 4.88. The fraction of sp³-hybridized carbons (Fsp3) is 0.455. The molecule has 0 heterocycles. The number of benzene rings is 1. The van der Waals surface area contributed by atoms with Gasteiger partial charge in [-0.1, -0.05) is 13.0 Å². The molecule has 1 aromatic carbocycles. The third-order valence-corrected chi connectivity index (χ3v) is 2.91. The van der Waals surface area contributed by atoms with Crippen molar-refractivity contribution >= 4 is 0 Å². The zero-order chi connectivity index (χ0) is 15.9. The van der Waals surface area contributed by atoms with Crippen LogP contribution in [0.1, 0.15) is 24.0 Å². The maximum absolute atomic E-state index is 13.5. The van der Waals surface area contributed by atoms with Gasteiger partial charge in [0.25, 0.3) is 0 Å². The summed E-state index contributed by atoms with van der Waals surface area (Å²) in [5.74, 6) is -3.51. The molecular formula is C11H10F7NO. The number of hydrogen-bond acceptors (Lipinski definition) is 2. The Labute approximate surface area is 109 Å². The fourth-order valence-electron chi connectivity index (χ4n) is 1.54.